The van der Waals surface area contributed by atoms with Crippen LogP contribution in [0.25, 0.3) is 0 Å². The third-order valence-electron chi connectivity index (χ3n) is 2.35. The second-order valence-electron chi connectivity index (χ2n) is 4.44. The molecule has 0 aliphatic heterocycles. The molecule has 0 heterocycles. The van der Waals surface area contributed by atoms with Crippen molar-refractivity contribution in [2.75, 3.05) is 0 Å². The van der Waals surface area contributed by atoms with Gasteiger partial charge < -0.3 is 0 Å². The third-order valence-corrected chi connectivity index (χ3v) is 4.27. The van der Waals surface area contributed by atoms with E-state index in [0.29, 0.717) is 0 Å². The van der Waals surface area contributed by atoms with Gasteiger partial charge in [-0.25, -0.2) is 4.99 Å². The van der Waals surface area contributed by atoms with Crippen LogP contribution in [0.15, 0.2) is 35.3 Å². The first kappa shape index (κ1) is 12.6. The van der Waals surface area contributed by atoms with Crippen molar-refractivity contribution in [3.8, 4) is 0 Å². The summed E-state index contributed by atoms with van der Waals surface area (Å²) in [6, 6.07) is 10.1. The van der Waals surface area contributed by atoms with Crippen molar-refractivity contribution in [1.82, 2.24) is 0 Å². The van der Waals surface area contributed by atoms with E-state index in [4.69, 9.17) is 12.2 Å². The molecule has 0 saturated heterocycles. The molecule has 0 saturated carbocycles. The summed E-state index contributed by atoms with van der Waals surface area (Å²) in [5.74, 6) is 0. The van der Waals surface area contributed by atoms with Crippen molar-refractivity contribution < 1.29 is 0 Å². The summed E-state index contributed by atoms with van der Waals surface area (Å²) in [6.07, 6.45) is 0. The molecule has 1 nitrogen and oxygen atoms in total. The van der Waals surface area contributed by atoms with E-state index in [1.165, 1.54) is 0 Å². The second kappa shape index (κ2) is 4.56. The second-order valence-corrected chi connectivity index (χ2v) is 5.77. The lowest BCUT2D eigenvalue weighted by Gasteiger charge is -2.35. The molecular weight excluding hydrogens is 270 g/mol. The highest BCUT2D eigenvalue weighted by atomic mass is 79.9. The number of aliphatic imine (C=N–C) groups is 1. The molecular formula is C12H14BrNS. The minimum absolute atomic E-state index is 0.0693. The van der Waals surface area contributed by atoms with Gasteiger partial charge in [0.05, 0.1) is 5.16 Å². The average molecular weight is 284 g/mol. The molecule has 1 aromatic rings. The van der Waals surface area contributed by atoms with E-state index in [9.17, 15) is 0 Å². The number of thiocarbonyl (C=S) groups is 1. The third kappa shape index (κ3) is 2.54. The Kier molecular flexibility index (Phi) is 3.82. The molecule has 0 N–H and O–H groups in total. The van der Waals surface area contributed by atoms with Crippen LogP contribution in [0.1, 0.15) is 26.3 Å². The van der Waals surface area contributed by atoms with Crippen LogP contribution in [0.2, 0.25) is 0 Å². The smallest absolute Gasteiger partial charge is 0.155 e. The molecule has 15 heavy (non-hydrogen) atoms. The molecule has 0 fully saturated rings. The maximum absolute atomic E-state index is 4.72. The minimum atomic E-state index is -0.497. The predicted octanol–water partition coefficient (Wildman–Crippen LogP) is 4.38. The molecule has 0 amide bonds. The van der Waals surface area contributed by atoms with Gasteiger partial charge in [0.2, 0.25) is 0 Å². The van der Waals surface area contributed by atoms with Crippen LogP contribution >= 0.6 is 28.1 Å². The monoisotopic (exact) mass is 283 g/mol. The van der Waals surface area contributed by atoms with E-state index < -0.39 is 4.45 Å². The zero-order valence-electron chi connectivity index (χ0n) is 9.12. The number of alkyl halides is 1. The maximum Gasteiger partial charge on any atom is 0.155 e. The number of rotatable bonds is 2. The molecule has 3 heteroatoms. The summed E-state index contributed by atoms with van der Waals surface area (Å²) in [5.41, 5.74) is 1.02. The Bertz CT molecular complexity index is 376. The molecule has 0 radical (unpaired) electrons. The fraction of sp³-hybridized carbons (Fsp3) is 0.417. The van der Waals surface area contributed by atoms with Crippen LogP contribution < -0.4 is 0 Å². The molecule has 1 atom stereocenters. The van der Waals surface area contributed by atoms with Crippen molar-refractivity contribution in [2.24, 2.45) is 10.4 Å². The standard InChI is InChI=1S/C12H14BrNS/c1-11(2,3)12(13,14-9-15)10-7-5-4-6-8-10/h4-8H,1-3H3. The maximum atomic E-state index is 4.72. The predicted molar refractivity (Wildman–Crippen MR) is 71.5 cm³/mol. The first-order valence-electron chi connectivity index (χ1n) is 4.75. The van der Waals surface area contributed by atoms with Crippen LogP contribution in [0.4, 0.5) is 0 Å². The molecule has 1 aromatic carbocycles. The van der Waals surface area contributed by atoms with E-state index in [0.717, 1.165) is 5.56 Å². The number of hydrogen-bond acceptors (Lipinski definition) is 2. The largest absolute Gasteiger partial charge is 0.209 e. The van der Waals surface area contributed by atoms with E-state index in [1.54, 1.807) is 0 Å². The minimum Gasteiger partial charge on any atom is -0.209 e. The SMILES string of the molecule is CC(C)(C)C(Br)(N=C=S)c1ccccc1. The highest BCUT2D eigenvalue weighted by Crippen LogP contribution is 2.47. The van der Waals surface area contributed by atoms with Gasteiger partial charge in [-0.3, -0.25) is 0 Å². The molecule has 0 aromatic heterocycles. The van der Waals surface area contributed by atoms with Gasteiger partial charge in [0.1, 0.15) is 0 Å². The highest BCUT2D eigenvalue weighted by Gasteiger charge is 2.40. The Morgan fingerprint density at radius 3 is 2.13 bits per heavy atom. The Hall–Kier alpha value is -0.500. The van der Waals surface area contributed by atoms with E-state index >= 15 is 0 Å². The fourth-order valence-corrected chi connectivity index (χ4v) is 1.99. The summed E-state index contributed by atoms with van der Waals surface area (Å²) in [4.78, 5) is 4.28. The van der Waals surface area contributed by atoms with Gasteiger partial charge in [0.25, 0.3) is 0 Å². The van der Waals surface area contributed by atoms with Crippen molar-refractivity contribution in [3.05, 3.63) is 35.9 Å². The zero-order chi connectivity index (χ0) is 11.5. The summed E-state index contributed by atoms with van der Waals surface area (Å²) < 4.78 is -0.497. The van der Waals surface area contributed by atoms with Gasteiger partial charge in [-0.1, -0.05) is 67.0 Å². The van der Waals surface area contributed by atoms with E-state index in [-0.39, 0.29) is 5.41 Å². The molecule has 0 bridgehead atoms. The summed E-state index contributed by atoms with van der Waals surface area (Å²) in [5, 5.41) is 2.47. The lowest BCUT2D eigenvalue weighted by atomic mass is 9.82. The zero-order valence-corrected chi connectivity index (χ0v) is 11.5. The average Bonchev–Trinajstić information content (AvgIpc) is 2.18. The van der Waals surface area contributed by atoms with Crippen molar-refractivity contribution in [1.29, 1.82) is 0 Å². The molecule has 0 spiro atoms. The first-order valence-corrected chi connectivity index (χ1v) is 5.95. The van der Waals surface area contributed by atoms with Crippen LogP contribution in [0, 0.1) is 5.41 Å². The van der Waals surface area contributed by atoms with Crippen LogP contribution in [-0.4, -0.2) is 5.16 Å². The number of isothiocyanates is 1. The Balaban J connectivity index is 3.32. The molecule has 0 aliphatic carbocycles. The van der Waals surface area contributed by atoms with Gasteiger partial charge in [-0.15, -0.1) is 0 Å². The number of benzene rings is 1. The van der Waals surface area contributed by atoms with Gasteiger partial charge in [-0.05, 0) is 17.8 Å². The summed E-state index contributed by atoms with van der Waals surface area (Å²) >= 11 is 8.40. The molecule has 1 rings (SSSR count). The van der Waals surface area contributed by atoms with Crippen molar-refractivity contribution >= 4 is 33.3 Å². The number of nitrogens with zero attached hydrogens (tertiary/aromatic N) is 1. The molecule has 80 valence electrons. The summed E-state index contributed by atoms with van der Waals surface area (Å²) in [6.45, 7) is 6.35. The van der Waals surface area contributed by atoms with Crippen LogP contribution in [-0.2, 0) is 4.45 Å². The van der Waals surface area contributed by atoms with Gasteiger partial charge in [0.15, 0.2) is 4.45 Å². The Morgan fingerprint density at radius 1 is 1.20 bits per heavy atom. The van der Waals surface area contributed by atoms with Gasteiger partial charge in [-0.2, -0.15) is 0 Å². The van der Waals surface area contributed by atoms with Crippen molar-refractivity contribution in [3.63, 3.8) is 0 Å². The molecule has 0 aliphatic rings. The fourth-order valence-electron chi connectivity index (χ4n) is 1.39. The molecule has 1 unspecified atom stereocenters. The first-order chi connectivity index (χ1) is 6.92. The quantitative estimate of drug-likeness (QED) is 0.340. The number of halogens is 1. The van der Waals surface area contributed by atoms with E-state index in [1.807, 2.05) is 30.3 Å². The Labute approximate surface area is 105 Å². The Morgan fingerprint density at radius 2 is 1.73 bits per heavy atom. The van der Waals surface area contributed by atoms with E-state index in [2.05, 4.69) is 46.9 Å². The van der Waals surface area contributed by atoms with Gasteiger partial charge in [0, 0.05) is 5.41 Å². The van der Waals surface area contributed by atoms with Crippen LogP contribution in [0.5, 0.6) is 0 Å². The lowest BCUT2D eigenvalue weighted by Crippen LogP contribution is -2.32. The topological polar surface area (TPSA) is 12.4 Å². The number of hydrogen-bond donors (Lipinski definition) is 0. The summed E-state index contributed by atoms with van der Waals surface area (Å²) in [7, 11) is 0. The van der Waals surface area contributed by atoms with Crippen LogP contribution in [0.3, 0.4) is 0 Å². The highest BCUT2D eigenvalue weighted by molar-refractivity contribution is 9.09. The van der Waals surface area contributed by atoms with Crippen molar-refractivity contribution in [2.45, 2.75) is 25.2 Å². The normalized spacial score (nSPS) is 15.2. The lowest BCUT2D eigenvalue weighted by molar-refractivity contribution is 0.302. The van der Waals surface area contributed by atoms with Gasteiger partial charge >= 0.3 is 0 Å².